The maximum Gasteiger partial charge on any atom is 0.251 e. The van der Waals surface area contributed by atoms with Gasteiger partial charge in [-0.2, -0.15) is 0 Å². The number of likely N-dealkylation sites (tertiary alicyclic amines) is 1. The summed E-state index contributed by atoms with van der Waals surface area (Å²) in [6.07, 6.45) is 1.33. The molecule has 0 aliphatic carbocycles. The van der Waals surface area contributed by atoms with Gasteiger partial charge in [-0.3, -0.25) is 4.90 Å². The molecule has 19 heavy (non-hydrogen) atoms. The third kappa shape index (κ3) is 5.12. The topological polar surface area (TPSA) is 25.4 Å². The van der Waals surface area contributed by atoms with E-state index in [1.807, 2.05) is 12.1 Å². The summed E-state index contributed by atoms with van der Waals surface area (Å²) < 4.78 is 31.1. The fourth-order valence-electron chi connectivity index (χ4n) is 2.16. The molecule has 106 valence electrons. The second-order valence-electron chi connectivity index (χ2n) is 4.69. The molecule has 0 N–H and O–H groups in total. The molecule has 0 aromatic carbocycles. The van der Waals surface area contributed by atoms with Crippen LogP contribution in [0.2, 0.25) is 0 Å². The highest BCUT2D eigenvalue weighted by atomic mass is 79.9. The number of ether oxygens (including phenoxy) is 1. The van der Waals surface area contributed by atoms with E-state index in [1.165, 1.54) is 0 Å². The van der Waals surface area contributed by atoms with Gasteiger partial charge >= 0.3 is 0 Å². The second kappa shape index (κ2) is 7.26. The molecule has 1 aliphatic heterocycles. The number of halogens is 3. The summed E-state index contributed by atoms with van der Waals surface area (Å²) >= 11 is 3.28. The van der Waals surface area contributed by atoms with Gasteiger partial charge in [-0.1, -0.05) is 6.07 Å². The van der Waals surface area contributed by atoms with E-state index in [9.17, 15) is 8.78 Å². The second-order valence-corrected chi connectivity index (χ2v) is 5.50. The van der Waals surface area contributed by atoms with Crippen molar-refractivity contribution in [2.75, 3.05) is 19.6 Å². The van der Waals surface area contributed by atoms with Crippen LogP contribution in [0.5, 0.6) is 0 Å². The van der Waals surface area contributed by atoms with E-state index in [0.717, 1.165) is 23.0 Å². The Morgan fingerprint density at radius 3 is 2.68 bits per heavy atom. The molecule has 3 nitrogen and oxygen atoms in total. The molecule has 0 spiro atoms. The van der Waals surface area contributed by atoms with Crippen LogP contribution in [0.3, 0.4) is 0 Å². The average Bonchev–Trinajstić information content (AvgIpc) is 2.39. The number of pyridine rings is 1. The number of hydrogen-bond donors (Lipinski definition) is 0. The number of alkyl halides is 2. The van der Waals surface area contributed by atoms with Gasteiger partial charge in [0.15, 0.2) is 0 Å². The van der Waals surface area contributed by atoms with Crippen molar-refractivity contribution in [2.45, 2.75) is 32.0 Å². The van der Waals surface area contributed by atoms with E-state index in [1.54, 1.807) is 11.1 Å². The molecule has 1 aromatic rings. The predicted molar refractivity (Wildman–Crippen MR) is 72.2 cm³/mol. The lowest BCUT2D eigenvalue weighted by Gasteiger charge is -2.31. The number of rotatable bonds is 5. The van der Waals surface area contributed by atoms with Gasteiger partial charge < -0.3 is 4.74 Å². The first-order valence-corrected chi connectivity index (χ1v) is 7.15. The van der Waals surface area contributed by atoms with Crippen molar-refractivity contribution in [3.8, 4) is 0 Å². The SMILES string of the molecule is FC(F)CN1CCC(OCc2ccc(Br)nc2)CC1. The van der Waals surface area contributed by atoms with E-state index in [2.05, 4.69) is 20.9 Å². The van der Waals surface area contributed by atoms with Crippen LogP contribution in [-0.4, -0.2) is 42.0 Å². The molecule has 1 saturated heterocycles. The van der Waals surface area contributed by atoms with Crippen LogP contribution in [0.15, 0.2) is 22.9 Å². The van der Waals surface area contributed by atoms with Crippen LogP contribution in [0.25, 0.3) is 0 Å². The minimum atomic E-state index is -2.24. The number of aromatic nitrogens is 1. The highest BCUT2D eigenvalue weighted by Gasteiger charge is 2.21. The predicted octanol–water partition coefficient (Wildman–Crippen LogP) is 3.09. The van der Waals surface area contributed by atoms with Gasteiger partial charge in [0.1, 0.15) is 4.60 Å². The zero-order chi connectivity index (χ0) is 13.7. The summed E-state index contributed by atoms with van der Waals surface area (Å²) in [4.78, 5) is 5.93. The Hall–Kier alpha value is -0.590. The first-order chi connectivity index (χ1) is 9.13. The van der Waals surface area contributed by atoms with Crippen LogP contribution in [-0.2, 0) is 11.3 Å². The molecule has 0 saturated carbocycles. The highest BCUT2D eigenvalue weighted by molar-refractivity contribution is 9.10. The Morgan fingerprint density at radius 1 is 1.37 bits per heavy atom. The van der Waals surface area contributed by atoms with Crippen LogP contribution in [0.1, 0.15) is 18.4 Å². The molecular weight excluding hydrogens is 318 g/mol. The largest absolute Gasteiger partial charge is 0.373 e. The summed E-state index contributed by atoms with van der Waals surface area (Å²) in [6.45, 7) is 1.78. The van der Waals surface area contributed by atoms with Crippen molar-refractivity contribution in [3.05, 3.63) is 28.5 Å². The van der Waals surface area contributed by atoms with E-state index in [4.69, 9.17) is 4.74 Å². The van der Waals surface area contributed by atoms with Crippen molar-refractivity contribution in [1.29, 1.82) is 0 Å². The minimum Gasteiger partial charge on any atom is -0.373 e. The standard InChI is InChI=1S/C13H17BrF2N2O/c14-12-2-1-10(7-17-12)9-19-11-3-5-18(6-4-11)8-13(15)16/h1-2,7,11,13H,3-6,8-9H2. The number of hydrogen-bond acceptors (Lipinski definition) is 3. The third-order valence-corrected chi connectivity index (χ3v) is 3.67. The summed E-state index contributed by atoms with van der Waals surface area (Å²) in [5.41, 5.74) is 1.03. The third-order valence-electron chi connectivity index (χ3n) is 3.21. The molecule has 1 aromatic heterocycles. The molecule has 0 radical (unpaired) electrons. The fourth-order valence-corrected chi connectivity index (χ4v) is 2.39. The number of piperidine rings is 1. The van der Waals surface area contributed by atoms with Crippen LogP contribution < -0.4 is 0 Å². The molecule has 2 rings (SSSR count). The monoisotopic (exact) mass is 334 g/mol. The Labute approximate surface area is 120 Å². The Morgan fingerprint density at radius 2 is 2.11 bits per heavy atom. The van der Waals surface area contributed by atoms with Crippen molar-refractivity contribution in [3.63, 3.8) is 0 Å². The summed E-state index contributed by atoms with van der Waals surface area (Å²) in [7, 11) is 0. The smallest absolute Gasteiger partial charge is 0.251 e. The van der Waals surface area contributed by atoms with E-state index in [0.29, 0.717) is 19.7 Å². The zero-order valence-electron chi connectivity index (χ0n) is 10.6. The van der Waals surface area contributed by atoms with Crippen molar-refractivity contribution in [2.24, 2.45) is 0 Å². The van der Waals surface area contributed by atoms with E-state index in [-0.39, 0.29) is 12.6 Å². The quantitative estimate of drug-likeness (QED) is 0.774. The molecule has 0 amide bonds. The first kappa shape index (κ1) is 14.8. The molecule has 1 fully saturated rings. The van der Waals surface area contributed by atoms with Crippen molar-refractivity contribution < 1.29 is 13.5 Å². The van der Waals surface area contributed by atoms with Crippen molar-refractivity contribution >= 4 is 15.9 Å². The van der Waals surface area contributed by atoms with Gasteiger partial charge in [0.2, 0.25) is 0 Å². The number of nitrogens with zero attached hydrogens (tertiary/aromatic N) is 2. The lowest BCUT2D eigenvalue weighted by Crippen LogP contribution is -2.39. The first-order valence-electron chi connectivity index (χ1n) is 6.36. The van der Waals surface area contributed by atoms with Crippen LogP contribution >= 0.6 is 15.9 Å². The molecule has 2 heterocycles. The summed E-state index contributed by atoms with van der Waals surface area (Å²) in [6, 6.07) is 3.84. The summed E-state index contributed by atoms with van der Waals surface area (Å²) in [5.74, 6) is 0. The van der Waals surface area contributed by atoms with Gasteiger partial charge in [-0.15, -0.1) is 0 Å². The van der Waals surface area contributed by atoms with Crippen LogP contribution in [0.4, 0.5) is 8.78 Å². The minimum absolute atomic E-state index is 0.122. The Kier molecular flexibility index (Phi) is 5.66. The van der Waals surface area contributed by atoms with Crippen molar-refractivity contribution in [1.82, 2.24) is 9.88 Å². The maximum atomic E-state index is 12.2. The van der Waals surface area contributed by atoms with Crippen LogP contribution in [0, 0.1) is 0 Å². The molecule has 6 heteroatoms. The fraction of sp³-hybridized carbons (Fsp3) is 0.615. The highest BCUT2D eigenvalue weighted by Crippen LogP contribution is 2.16. The van der Waals surface area contributed by atoms with Gasteiger partial charge in [0, 0.05) is 19.3 Å². The zero-order valence-corrected chi connectivity index (χ0v) is 12.2. The Bertz CT molecular complexity index is 381. The average molecular weight is 335 g/mol. The van der Waals surface area contributed by atoms with E-state index < -0.39 is 6.43 Å². The van der Waals surface area contributed by atoms with Gasteiger partial charge in [-0.05, 0) is 40.4 Å². The molecule has 0 unspecified atom stereocenters. The molecule has 0 atom stereocenters. The van der Waals surface area contributed by atoms with Gasteiger partial charge in [-0.25, -0.2) is 13.8 Å². The van der Waals surface area contributed by atoms with Gasteiger partial charge in [0.05, 0.1) is 19.3 Å². The molecule has 0 bridgehead atoms. The molecule has 1 aliphatic rings. The Balaban J connectivity index is 1.69. The van der Waals surface area contributed by atoms with E-state index >= 15 is 0 Å². The lowest BCUT2D eigenvalue weighted by molar-refractivity contribution is -0.0141. The van der Waals surface area contributed by atoms with Gasteiger partial charge in [0.25, 0.3) is 6.43 Å². The lowest BCUT2D eigenvalue weighted by atomic mass is 10.1. The summed E-state index contributed by atoms with van der Waals surface area (Å²) in [5, 5.41) is 0. The molecular formula is C13H17BrF2N2O. The normalized spacial score (nSPS) is 18.1. The maximum absolute atomic E-state index is 12.2.